The summed E-state index contributed by atoms with van der Waals surface area (Å²) in [7, 11) is 0. The molecule has 6 atom stereocenters. The lowest BCUT2D eigenvalue weighted by atomic mass is 9.45. The Morgan fingerprint density at radius 3 is 2.54 bits per heavy atom. The number of fused-ring (bicyclic) bond motifs is 1. The molecular formula is C21H39NO2. The fraction of sp³-hybridized carbons (Fsp3) is 0.952. The maximum Gasteiger partial charge on any atom is 0.404 e. The summed E-state index contributed by atoms with van der Waals surface area (Å²) in [6.07, 6.45) is 8.01. The van der Waals surface area contributed by atoms with Crippen molar-refractivity contribution in [2.24, 2.45) is 40.2 Å². The Morgan fingerprint density at radius 2 is 1.96 bits per heavy atom. The molecule has 2 aliphatic rings. The summed E-state index contributed by atoms with van der Waals surface area (Å²) < 4.78 is 5.67. The molecule has 0 unspecified atom stereocenters. The SMILES string of the molecule is CC[C@@H](C)CC[C@H]1[C@@H](C)C[C@H](OC(N)=O)[C@H]2C(C)(C)CCC[C@]12C. The third-order valence-electron chi connectivity index (χ3n) is 7.53. The minimum absolute atomic E-state index is 0.0161. The van der Waals surface area contributed by atoms with Crippen LogP contribution in [0.3, 0.4) is 0 Å². The van der Waals surface area contributed by atoms with Gasteiger partial charge in [-0.3, -0.25) is 0 Å². The summed E-state index contributed by atoms with van der Waals surface area (Å²) >= 11 is 0. The van der Waals surface area contributed by atoms with Gasteiger partial charge in [0.15, 0.2) is 0 Å². The summed E-state index contributed by atoms with van der Waals surface area (Å²) in [4.78, 5) is 11.5. The monoisotopic (exact) mass is 337 g/mol. The first-order chi connectivity index (χ1) is 11.1. The van der Waals surface area contributed by atoms with Crippen LogP contribution in [-0.4, -0.2) is 12.2 Å². The van der Waals surface area contributed by atoms with Crippen molar-refractivity contribution < 1.29 is 9.53 Å². The molecule has 2 aliphatic carbocycles. The predicted octanol–water partition coefficient (Wildman–Crippen LogP) is 5.77. The molecule has 2 N–H and O–H groups in total. The first kappa shape index (κ1) is 19.6. The summed E-state index contributed by atoms with van der Waals surface area (Å²) in [5.41, 5.74) is 5.88. The van der Waals surface area contributed by atoms with E-state index in [0.717, 1.165) is 18.3 Å². The predicted molar refractivity (Wildman–Crippen MR) is 99.6 cm³/mol. The largest absolute Gasteiger partial charge is 0.446 e. The van der Waals surface area contributed by atoms with Crippen LogP contribution in [0, 0.1) is 34.5 Å². The van der Waals surface area contributed by atoms with Crippen LogP contribution in [0.25, 0.3) is 0 Å². The molecule has 2 fully saturated rings. The molecule has 140 valence electrons. The lowest BCUT2D eigenvalue weighted by molar-refractivity contribution is -0.159. The second-order valence-corrected chi connectivity index (χ2v) is 9.71. The normalized spacial score (nSPS) is 39.8. The van der Waals surface area contributed by atoms with Crippen molar-refractivity contribution in [3.63, 3.8) is 0 Å². The highest BCUT2D eigenvalue weighted by molar-refractivity contribution is 5.64. The van der Waals surface area contributed by atoms with Crippen molar-refractivity contribution in [3.05, 3.63) is 0 Å². The molecule has 2 rings (SSSR count). The van der Waals surface area contributed by atoms with E-state index in [0.29, 0.717) is 11.8 Å². The molecule has 2 saturated carbocycles. The standard InChI is InChI=1S/C21H39NO2/c1-7-14(2)9-10-16-15(3)13-17(24-19(22)23)18-20(4,5)11-8-12-21(16,18)6/h14-18H,7-13H2,1-6H3,(H2,22,23)/t14-,15+,16+,17+,18+,21-/m1/s1. The average Bonchev–Trinajstić information content (AvgIpc) is 2.44. The first-order valence-corrected chi connectivity index (χ1v) is 10.1. The van der Waals surface area contributed by atoms with Crippen LogP contribution in [0.2, 0.25) is 0 Å². The lowest BCUT2D eigenvalue weighted by Crippen LogP contribution is -2.58. The molecule has 0 bridgehead atoms. The maximum absolute atomic E-state index is 11.5. The lowest BCUT2D eigenvalue weighted by Gasteiger charge is -2.61. The smallest absolute Gasteiger partial charge is 0.404 e. The molecule has 0 aliphatic heterocycles. The minimum atomic E-state index is -0.603. The summed E-state index contributed by atoms with van der Waals surface area (Å²) in [6, 6.07) is 0. The van der Waals surface area contributed by atoms with Gasteiger partial charge in [-0.2, -0.15) is 0 Å². The van der Waals surface area contributed by atoms with Crippen LogP contribution >= 0.6 is 0 Å². The van der Waals surface area contributed by atoms with Gasteiger partial charge in [0.2, 0.25) is 0 Å². The van der Waals surface area contributed by atoms with Crippen molar-refractivity contribution in [3.8, 4) is 0 Å². The van der Waals surface area contributed by atoms with Crippen LogP contribution < -0.4 is 5.73 Å². The Morgan fingerprint density at radius 1 is 1.29 bits per heavy atom. The van der Waals surface area contributed by atoms with Crippen LogP contribution in [-0.2, 0) is 4.74 Å². The Kier molecular flexibility index (Phi) is 5.92. The van der Waals surface area contributed by atoms with Crippen molar-refractivity contribution in [1.82, 2.24) is 0 Å². The minimum Gasteiger partial charge on any atom is -0.446 e. The van der Waals surface area contributed by atoms with E-state index >= 15 is 0 Å². The fourth-order valence-electron chi connectivity index (χ4n) is 6.34. The fourth-order valence-corrected chi connectivity index (χ4v) is 6.34. The van der Waals surface area contributed by atoms with Gasteiger partial charge in [-0.05, 0) is 54.3 Å². The first-order valence-electron chi connectivity index (χ1n) is 10.1. The van der Waals surface area contributed by atoms with Gasteiger partial charge in [0, 0.05) is 5.92 Å². The number of hydrogen-bond donors (Lipinski definition) is 1. The van der Waals surface area contributed by atoms with Crippen LogP contribution in [0.4, 0.5) is 4.79 Å². The summed E-state index contributed by atoms with van der Waals surface area (Å²) in [6.45, 7) is 14.2. The van der Waals surface area contributed by atoms with Crippen molar-refractivity contribution >= 4 is 6.09 Å². The highest BCUT2D eigenvalue weighted by Crippen LogP contribution is 2.62. The van der Waals surface area contributed by atoms with Crippen molar-refractivity contribution in [1.29, 1.82) is 0 Å². The molecular weight excluding hydrogens is 298 g/mol. The molecule has 0 saturated heterocycles. The zero-order chi connectivity index (χ0) is 18.1. The Labute approximate surface area is 149 Å². The Balaban J connectivity index is 2.30. The van der Waals surface area contributed by atoms with E-state index in [9.17, 15) is 4.79 Å². The highest BCUT2D eigenvalue weighted by Gasteiger charge is 2.58. The number of ether oxygens (including phenoxy) is 1. The van der Waals surface area contributed by atoms with E-state index < -0.39 is 6.09 Å². The van der Waals surface area contributed by atoms with Gasteiger partial charge >= 0.3 is 6.09 Å². The Hall–Kier alpha value is -0.730. The van der Waals surface area contributed by atoms with Gasteiger partial charge in [0.05, 0.1) is 0 Å². The number of carbonyl (C=O) groups excluding carboxylic acids is 1. The second kappa shape index (κ2) is 7.25. The second-order valence-electron chi connectivity index (χ2n) is 9.71. The highest BCUT2D eigenvalue weighted by atomic mass is 16.6. The van der Waals surface area contributed by atoms with Gasteiger partial charge in [-0.25, -0.2) is 4.79 Å². The molecule has 0 radical (unpaired) electrons. The van der Waals surface area contributed by atoms with Gasteiger partial charge in [-0.1, -0.05) is 60.8 Å². The number of primary amides is 1. The summed E-state index contributed by atoms with van der Waals surface area (Å²) in [5, 5.41) is 0. The van der Waals surface area contributed by atoms with E-state index in [4.69, 9.17) is 10.5 Å². The number of hydrogen-bond acceptors (Lipinski definition) is 2. The Bertz CT molecular complexity index is 447. The van der Waals surface area contributed by atoms with E-state index in [-0.39, 0.29) is 16.9 Å². The molecule has 3 heteroatoms. The quantitative estimate of drug-likeness (QED) is 0.693. The van der Waals surface area contributed by atoms with Crippen molar-refractivity contribution in [2.45, 2.75) is 92.6 Å². The van der Waals surface area contributed by atoms with Gasteiger partial charge < -0.3 is 10.5 Å². The summed E-state index contributed by atoms with van der Waals surface area (Å²) in [5.74, 6) is 2.54. The molecule has 3 nitrogen and oxygen atoms in total. The van der Waals surface area contributed by atoms with E-state index in [1.54, 1.807) is 0 Å². The van der Waals surface area contributed by atoms with Crippen LogP contribution in [0.1, 0.15) is 86.5 Å². The van der Waals surface area contributed by atoms with Gasteiger partial charge in [0.1, 0.15) is 6.10 Å². The van der Waals surface area contributed by atoms with Crippen molar-refractivity contribution in [2.75, 3.05) is 0 Å². The van der Waals surface area contributed by atoms with E-state index in [2.05, 4.69) is 41.5 Å². The van der Waals surface area contributed by atoms with Gasteiger partial charge in [-0.15, -0.1) is 0 Å². The van der Waals surface area contributed by atoms with Crippen LogP contribution in [0.15, 0.2) is 0 Å². The van der Waals surface area contributed by atoms with Crippen LogP contribution in [0.5, 0.6) is 0 Å². The molecule has 0 heterocycles. The molecule has 1 amide bonds. The number of nitrogens with two attached hydrogens (primary N) is 1. The molecule has 0 spiro atoms. The third kappa shape index (κ3) is 3.75. The molecule has 0 aromatic rings. The number of amides is 1. The topological polar surface area (TPSA) is 52.3 Å². The van der Waals surface area contributed by atoms with E-state index in [1.165, 1.54) is 38.5 Å². The molecule has 0 aromatic heterocycles. The van der Waals surface area contributed by atoms with E-state index in [1.807, 2.05) is 0 Å². The number of rotatable bonds is 5. The molecule has 24 heavy (non-hydrogen) atoms. The maximum atomic E-state index is 11.5. The third-order valence-corrected chi connectivity index (χ3v) is 7.53. The molecule has 0 aromatic carbocycles. The zero-order valence-electron chi connectivity index (χ0n) is 16.7. The zero-order valence-corrected chi connectivity index (χ0v) is 16.7. The van der Waals surface area contributed by atoms with Gasteiger partial charge in [0.25, 0.3) is 0 Å². The number of carbonyl (C=O) groups is 1. The average molecular weight is 338 g/mol.